The van der Waals surface area contributed by atoms with Gasteiger partial charge in [-0.15, -0.1) is 0 Å². The predicted octanol–water partition coefficient (Wildman–Crippen LogP) is 2.44. The van der Waals surface area contributed by atoms with Crippen molar-refractivity contribution in [3.05, 3.63) is 29.8 Å². The predicted molar refractivity (Wildman–Crippen MR) is 63.8 cm³/mol. The number of rotatable bonds is 3. The lowest BCUT2D eigenvalue weighted by atomic mass is 10.1. The molecule has 1 atom stereocenters. The number of aryl methyl sites for hydroxylation is 1. The van der Waals surface area contributed by atoms with Crippen molar-refractivity contribution in [3.63, 3.8) is 0 Å². The lowest BCUT2D eigenvalue weighted by molar-refractivity contribution is -0.137. The van der Waals surface area contributed by atoms with Gasteiger partial charge in [-0.1, -0.05) is 17.7 Å². The summed E-state index contributed by atoms with van der Waals surface area (Å²) in [6, 6.07) is 8.47. The molecule has 0 amide bonds. The molecule has 3 heteroatoms. The van der Waals surface area contributed by atoms with Gasteiger partial charge in [0, 0.05) is 18.3 Å². The Morgan fingerprint density at radius 3 is 2.75 bits per heavy atom. The van der Waals surface area contributed by atoms with Crippen LogP contribution in [0.5, 0.6) is 0 Å². The highest BCUT2D eigenvalue weighted by molar-refractivity contribution is 5.68. The first kappa shape index (κ1) is 11.0. The maximum atomic E-state index is 10.8. The molecular weight excluding hydrogens is 202 g/mol. The van der Waals surface area contributed by atoms with Gasteiger partial charge in [0.1, 0.15) is 0 Å². The second-order valence-electron chi connectivity index (χ2n) is 4.42. The Balaban J connectivity index is 2.13. The van der Waals surface area contributed by atoms with Crippen molar-refractivity contribution in [1.82, 2.24) is 0 Å². The number of carbonyl (C=O) groups is 1. The molecule has 0 aromatic heterocycles. The average molecular weight is 219 g/mol. The van der Waals surface area contributed by atoms with Gasteiger partial charge in [0.25, 0.3) is 0 Å². The number of aliphatic carboxylic acids is 1. The lowest BCUT2D eigenvalue weighted by Crippen LogP contribution is -2.31. The molecule has 1 aliphatic heterocycles. The Kier molecular flexibility index (Phi) is 3.13. The van der Waals surface area contributed by atoms with Crippen molar-refractivity contribution in [3.8, 4) is 0 Å². The van der Waals surface area contributed by atoms with Crippen molar-refractivity contribution >= 4 is 11.7 Å². The van der Waals surface area contributed by atoms with Gasteiger partial charge in [0.2, 0.25) is 0 Å². The van der Waals surface area contributed by atoms with E-state index in [2.05, 4.69) is 36.1 Å². The topological polar surface area (TPSA) is 40.5 Å². The molecule has 86 valence electrons. The van der Waals surface area contributed by atoms with Crippen LogP contribution in [-0.2, 0) is 4.79 Å². The fourth-order valence-electron chi connectivity index (χ4n) is 2.33. The number of nitrogens with zero attached hydrogens (tertiary/aromatic N) is 1. The van der Waals surface area contributed by atoms with E-state index in [0.29, 0.717) is 0 Å². The Morgan fingerprint density at radius 2 is 2.12 bits per heavy atom. The quantitative estimate of drug-likeness (QED) is 0.848. The van der Waals surface area contributed by atoms with E-state index in [0.717, 1.165) is 25.1 Å². The molecule has 1 aromatic rings. The van der Waals surface area contributed by atoms with Gasteiger partial charge in [0.05, 0.1) is 6.42 Å². The summed E-state index contributed by atoms with van der Waals surface area (Å²) in [5.41, 5.74) is 2.38. The fraction of sp³-hybridized carbons (Fsp3) is 0.462. The summed E-state index contributed by atoms with van der Waals surface area (Å²) in [5.74, 6) is -0.705. The second-order valence-corrected chi connectivity index (χ2v) is 4.42. The maximum absolute atomic E-state index is 10.8. The van der Waals surface area contributed by atoms with Gasteiger partial charge in [-0.3, -0.25) is 4.79 Å². The monoisotopic (exact) mass is 219 g/mol. The first-order valence-corrected chi connectivity index (χ1v) is 5.72. The van der Waals surface area contributed by atoms with Crippen LogP contribution in [-0.4, -0.2) is 23.7 Å². The van der Waals surface area contributed by atoms with E-state index in [1.54, 1.807) is 0 Å². The smallest absolute Gasteiger partial charge is 0.305 e. The highest BCUT2D eigenvalue weighted by atomic mass is 16.4. The number of carboxylic acid groups (broad SMARTS) is 1. The van der Waals surface area contributed by atoms with Crippen LogP contribution in [0.25, 0.3) is 0 Å². The summed E-state index contributed by atoms with van der Waals surface area (Å²) in [4.78, 5) is 13.0. The minimum absolute atomic E-state index is 0.167. The van der Waals surface area contributed by atoms with Crippen molar-refractivity contribution in [2.24, 2.45) is 0 Å². The second kappa shape index (κ2) is 4.56. The average Bonchev–Trinajstić information content (AvgIpc) is 2.66. The van der Waals surface area contributed by atoms with Gasteiger partial charge in [-0.05, 0) is 31.9 Å². The van der Waals surface area contributed by atoms with Crippen molar-refractivity contribution in [2.45, 2.75) is 32.2 Å². The molecule has 0 spiro atoms. The number of hydrogen-bond donors (Lipinski definition) is 1. The molecule has 1 aliphatic rings. The third-order valence-electron chi connectivity index (χ3n) is 3.15. The molecule has 2 rings (SSSR count). The first-order valence-electron chi connectivity index (χ1n) is 5.72. The normalized spacial score (nSPS) is 20.1. The molecule has 0 bridgehead atoms. The van der Waals surface area contributed by atoms with Crippen LogP contribution in [0.15, 0.2) is 24.3 Å². The number of carboxylic acids is 1. The van der Waals surface area contributed by atoms with E-state index >= 15 is 0 Å². The number of hydrogen-bond acceptors (Lipinski definition) is 2. The van der Waals surface area contributed by atoms with Crippen LogP contribution >= 0.6 is 0 Å². The third kappa shape index (κ3) is 2.35. The van der Waals surface area contributed by atoms with Crippen LogP contribution in [0.4, 0.5) is 5.69 Å². The van der Waals surface area contributed by atoms with Crippen molar-refractivity contribution < 1.29 is 9.90 Å². The molecule has 0 radical (unpaired) electrons. The lowest BCUT2D eigenvalue weighted by Gasteiger charge is -2.25. The molecule has 0 aliphatic carbocycles. The molecule has 0 saturated carbocycles. The Labute approximate surface area is 95.7 Å². The van der Waals surface area contributed by atoms with E-state index in [-0.39, 0.29) is 12.5 Å². The van der Waals surface area contributed by atoms with E-state index in [4.69, 9.17) is 5.11 Å². The summed E-state index contributed by atoms with van der Waals surface area (Å²) in [6.07, 6.45) is 2.32. The molecular formula is C13H17NO2. The minimum Gasteiger partial charge on any atom is -0.481 e. The third-order valence-corrected chi connectivity index (χ3v) is 3.15. The number of benzene rings is 1. The van der Waals surface area contributed by atoms with E-state index in [9.17, 15) is 4.79 Å². The molecule has 3 nitrogen and oxygen atoms in total. The van der Waals surface area contributed by atoms with E-state index < -0.39 is 5.97 Å². The van der Waals surface area contributed by atoms with Gasteiger partial charge in [-0.25, -0.2) is 0 Å². The van der Waals surface area contributed by atoms with Crippen LogP contribution in [0.3, 0.4) is 0 Å². The van der Waals surface area contributed by atoms with Gasteiger partial charge in [0.15, 0.2) is 0 Å². The zero-order valence-electron chi connectivity index (χ0n) is 9.52. The van der Waals surface area contributed by atoms with Crippen molar-refractivity contribution in [1.29, 1.82) is 0 Å². The summed E-state index contributed by atoms with van der Waals surface area (Å²) in [6.45, 7) is 3.03. The molecule has 16 heavy (non-hydrogen) atoms. The Hall–Kier alpha value is -1.51. The Morgan fingerprint density at radius 1 is 1.44 bits per heavy atom. The summed E-state index contributed by atoms with van der Waals surface area (Å²) < 4.78 is 0. The largest absolute Gasteiger partial charge is 0.481 e. The highest BCUT2D eigenvalue weighted by Crippen LogP contribution is 2.27. The summed E-state index contributed by atoms with van der Waals surface area (Å²) in [5, 5.41) is 8.86. The molecule has 1 unspecified atom stereocenters. The molecule has 1 fully saturated rings. The van der Waals surface area contributed by atoms with Gasteiger partial charge >= 0.3 is 5.97 Å². The molecule has 1 aromatic carbocycles. The van der Waals surface area contributed by atoms with E-state index in [1.165, 1.54) is 5.56 Å². The van der Waals surface area contributed by atoms with Crippen LogP contribution in [0, 0.1) is 6.92 Å². The zero-order valence-corrected chi connectivity index (χ0v) is 9.52. The molecule has 1 N–H and O–H groups in total. The zero-order chi connectivity index (χ0) is 11.5. The fourth-order valence-corrected chi connectivity index (χ4v) is 2.33. The van der Waals surface area contributed by atoms with Crippen LogP contribution in [0.2, 0.25) is 0 Å². The summed E-state index contributed by atoms with van der Waals surface area (Å²) in [7, 11) is 0. The number of anilines is 1. The standard InChI is InChI=1S/C13H17NO2/c1-10-4-6-11(7-5-10)14-8-2-3-12(14)9-13(15)16/h4-7,12H,2-3,8-9H2,1H3,(H,15,16). The minimum atomic E-state index is -0.705. The van der Waals surface area contributed by atoms with Crippen LogP contribution < -0.4 is 4.90 Å². The van der Waals surface area contributed by atoms with Crippen molar-refractivity contribution in [2.75, 3.05) is 11.4 Å². The first-order chi connectivity index (χ1) is 7.66. The SMILES string of the molecule is Cc1ccc(N2CCCC2CC(=O)O)cc1. The van der Waals surface area contributed by atoms with Gasteiger partial charge < -0.3 is 10.0 Å². The highest BCUT2D eigenvalue weighted by Gasteiger charge is 2.26. The van der Waals surface area contributed by atoms with Gasteiger partial charge in [-0.2, -0.15) is 0 Å². The summed E-state index contributed by atoms with van der Waals surface area (Å²) >= 11 is 0. The van der Waals surface area contributed by atoms with Crippen LogP contribution in [0.1, 0.15) is 24.8 Å². The molecule has 1 heterocycles. The maximum Gasteiger partial charge on any atom is 0.305 e. The van der Waals surface area contributed by atoms with E-state index in [1.807, 2.05) is 0 Å². The molecule has 1 saturated heterocycles. The Bertz CT molecular complexity index is 372.